The fourth-order valence-electron chi connectivity index (χ4n) is 0.467. The van der Waals surface area contributed by atoms with Crippen LogP contribution in [0.25, 0.3) is 4.85 Å². The van der Waals surface area contributed by atoms with E-state index >= 15 is 0 Å². The summed E-state index contributed by atoms with van der Waals surface area (Å²) in [5.74, 6) is -0.676. The lowest BCUT2D eigenvalue weighted by Crippen LogP contribution is -2.10. The number of esters is 1. The van der Waals surface area contributed by atoms with Gasteiger partial charge in [0.2, 0.25) is 0 Å². The average Bonchev–Trinajstić information content (AvgIpc) is 2.10. The third kappa shape index (κ3) is 4.47. The molecule has 0 aliphatic carbocycles. The second-order valence-electron chi connectivity index (χ2n) is 1.89. The molecule has 0 amide bonds. The molecule has 0 aliphatic rings. The standard InChI is InChI=1S/C8H11NO3/c1-4-11-5-6-12-8(10)7(2)9-3/h2,4-6H2,1H3. The predicted octanol–water partition coefficient (Wildman–Crippen LogP) is 0.999. The summed E-state index contributed by atoms with van der Waals surface area (Å²) in [6, 6.07) is 0. The molecule has 0 saturated heterocycles. The highest BCUT2D eigenvalue weighted by molar-refractivity contribution is 5.89. The third-order valence-electron chi connectivity index (χ3n) is 1.04. The van der Waals surface area contributed by atoms with Crippen molar-refractivity contribution in [2.45, 2.75) is 6.92 Å². The van der Waals surface area contributed by atoms with Gasteiger partial charge in [0.15, 0.2) is 0 Å². The lowest BCUT2D eigenvalue weighted by Gasteiger charge is -2.02. The SMILES string of the molecule is [C-]#[N+]C(=C)C(=O)OCCOCC. The van der Waals surface area contributed by atoms with Crippen LogP contribution in [0.4, 0.5) is 0 Å². The first-order valence-corrected chi connectivity index (χ1v) is 3.53. The zero-order chi connectivity index (χ0) is 9.40. The smallest absolute Gasteiger partial charge is 0.335 e. The Hall–Kier alpha value is -1.34. The molecule has 4 heteroatoms. The third-order valence-corrected chi connectivity index (χ3v) is 1.04. The molecule has 0 fully saturated rings. The maximum atomic E-state index is 10.7. The van der Waals surface area contributed by atoms with E-state index in [0.717, 1.165) is 0 Å². The van der Waals surface area contributed by atoms with Crippen molar-refractivity contribution in [1.29, 1.82) is 0 Å². The van der Waals surface area contributed by atoms with Crippen LogP contribution in [-0.2, 0) is 14.3 Å². The minimum Gasteiger partial charge on any atom is -0.468 e. The number of carbonyl (C=O) groups excluding carboxylic acids is 1. The van der Waals surface area contributed by atoms with Crippen LogP contribution in [0.1, 0.15) is 6.92 Å². The molecule has 4 nitrogen and oxygen atoms in total. The number of hydrogen-bond acceptors (Lipinski definition) is 3. The minimum absolute atomic E-state index is 0.168. The molecule has 0 heterocycles. The molecular weight excluding hydrogens is 158 g/mol. The molecular formula is C8H11NO3. The van der Waals surface area contributed by atoms with Gasteiger partial charge in [0.1, 0.15) is 6.61 Å². The summed E-state index contributed by atoms with van der Waals surface area (Å²) >= 11 is 0. The van der Waals surface area contributed by atoms with Gasteiger partial charge in [-0.05, 0) is 6.92 Å². The number of carbonyl (C=O) groups is 1. The minimum atomic E-state index is -0.676. The summed E-state index contributed by atoms with van der Waals surface area (Å²) in [6.45, 7) is 12.6. The highest BCUT2D eigenvalue weighted by Crippen LogP contribution is 1.94. The van der Waals surface area contributed by atoms with Crippen LogP contribution in [0.5, 0.6) is 0 Å². The highest BCUT2D eigenvalue weighted by atomic mass is 16.6. The molecule has 0 aromatic carbocycles. The summed E-state index contributed by atoms with van der Waals surface area (Å²) in [5, 5.41) is 0. The molecule has 0 unspecified atom stereocenters. The fraction of sp³-hybridized carbons (Fsp3) is 0.500. The Morgan fingerprint density at radius 2 is 2.25 bits per heavy atom. The Bertz CT molecular complexity index is 205. The Labute approximate surface area is 71.6 Å². The van der Waals surface area contributed by atoms with Crippen molar-refractivity contribution in [2.24, 2.45) is 0 Å². The van der Waals surface area contributed by atoms with Crippen LogP contribution in [-0.4, -0.2) is 25.8 Å². The van der Waals surface area contributed by atoms with E-state index in [-0.39, 0.29) is 12.3 Å². The Kier molecular flexibility index (Phi) is 5.66. The molecule has 0 N–H and O–H groups in total. The van der Waals surface area contributed by atoms with Gasteiger partial charge in [-0.15, -0.1) is 0 Å². The van der Waals surface area contributed by atoms with Crippen LogP contribution in [0.2, 0.25) is 0 Å². The van der Waals surface area contributed by atoms with E-state index < -0.39 is 5.97 Å². The Morgan fingerprint density at radius 1 is 1.58 bits per heavy atom. The molecule has 0 radical (unpaired) electrons. The number of rotatable bonds is 5. The first-order chi connectivity index (χ1) is 5.72. The largest absolute Gasteiger partial charge is 0.468 e. The van der Waals surface area contributed by atoms with Crippen molar-refractivity contribution in [3.8, 4) is 0 Å². The van der Waals surface area contributed by atoms with Crippen molar-refractivity contribution in [1.82, 2.24) is 0 Å². The van der Waals surface area contributed by atoms with Gasteiger partial charge in [0.25, 0.3) is 5.70 Å². The van der Waals surface area contributed by atoms with E-state index in [1.165, 1.54) is 0 Å². The quantitative estimate of drug-likeness (QED) is 0.267. The summed E-state index contributed by atoms with van der Waals surface area (Å²) in [7, 11) is 0. The van der Waals surface area contributed by atoms with Gasteiger partial charge in [-0.3, -0.25) is 4.79 Å². The molecule has 0 saturated carbocycles. The highest BCUT2D eigenvalue weighted by Gasteiger charge is 2.06. The monoisotopic (exact) mass is 169 g/mol. The van der Waals surface area contributed by atoms with E-state index in [2.05, 4.69) is 16.2 Å². The van der Waals surface area contributed by atoms with Crippen molar-refractivity contribution in [3.63, 3.8) is 0 Å². The number of nitrogens with zero attached hydrogens (tertiary/aromatic N) is 1. The van der Waals surface area contributed by atoms with Crippen molar-refractivity contribution in [3.05, 3.63) is 23.7 Å². The van der Waals surface area contributed by atoms with Crippen LogP contribution in [0.15, 0.2) is 12.3 Å². The molecule has 0 bridgehead atoms. The van der Waals surface area contributed by atoms with Gasteiger partial charge in [-0.25, -0.2) is 4.85 Å². The number of hydrogen-bond donors (Lipinski definition) is 0. The van der Waals surface area contributed by atoms with Gasteiger partial charge >= 0.3 is 5.97 Å². The summed E-state index contributed by atoms with van der Waals surface area (Å²) in [5.41, 5.74) is -0.202. The predicted molar refractivity (Wildman–Crippen MR) is 43.2 cm³/mol. The summed E-state index contributed by atoms with van der Waals surface area (Å²) in [6.07, 6.45) is 0. The lowest BCUT2D eigenvalue weighted by atomic mass is 10.5. The van der Waals surface area contributed by atoms with Gasteiger partial charge in [-0.2, -0.15) is 0 Å². The van der Waals surface area contributed by atoms with E-state index in [0.29, 0.717) is 13.2 Å². The van der Waals surface area contributed by atoms with E-state index in [1.54, 1.807) is 0 Å². The van der Waals surface area contributed by atoms with Gasteiger partial charge in [0.05, 0.1) is 13.2 Å². The first kappa shape index (κ1) is 10.7. The fourth-order valence-corrected chi connectivity index (χ4v) is 0.467. The molecule has 0 rings (SSSR count). The van der Waals surface area contributed by atoms with E-state index in [1.807, 2.05) is 6.92 Å². The Morgan fingerprint density at radius 3 is 2.75 bits per heavy atom. The van der Waals surface area contributed by atoms with E-state index in [9.17, 15) is 4.79 Å². The second-order valence-corrected chi connectivity index (χ2v) is 1.89. The van der Waals surface area contributed by atoms with Crippen LogP contribution in [0, 0.1) is 6.57 Å². The first-order valence-electron chi connectivity index (χ1n) is 3.53. The second kappa shape index (κ2) is 6.38. The normalized spacial score (nSPS) is 8.67. The van der Waals surface area contributed by atoms with Crippen LogP contribution >= 0.6 is 0 Å². The van der Waals surface area contributed by atoms with Crippen molar-refractivity contribution in [2.75, 3.05) is 19.8 Å². The Balaban J connectivity index is 3.46. The maximum Gasteiger partial charge on any atom is 0.335 e. The molecule has 66 valence electrons. The molecule has 0 aromatic rings. The molecule has 0 aliphatic heterocycles. The molecule has 0 aromatic heterocycles. The topological polar surface area (TPSA) is 39.9 Å². The lowest BCUT2D eigenvalue weighted by molar-refractivity contribution is -0.140. The zero-order valence-corrected chi connectivity index (χ0v) is 7.00. The molecule has 0 spiro atoms. The van der Waals surface area contributed by atoms with Gasteiger partial charge < -0.3 is 9.47 Å². The summed E-state index contributed by atoms with van der Waals surface area (Å²) in [4.78, 5) is 13.6. The van der Waals surface area contributed by atoms with Crippen LogP contribution < -0.4 is 0 Å². The number of ether oxygens (including phenoxy) is 2. The van der Waals surface area contributed by atoms with Gasteiger partial charge in [-0.1, -0.05) is 6.58 Å². The average molecular weight is 169 g/mol. The van der Waals surface area contributed by atoms with Crippen LogP contribution in [0.3, 0.4) is 0 Å². The van der Waals surface area contributed by atoms with Crippen molar-refractivity contribution < 1.29 is 14.3 Å². The summed E-state index contributed by atoms with van der Waals surface area (Å²) < 4.78 is 9.53. The molecule has 0 atom stereocenters. The van der Waals surface area contributed by atoms with Gasteiger partial charge in [0, 0.05) is 6.61 Å². The van der Waals surface area contributed by atoms with E-state index in [4.69, 9.17) is 11.3 Å². The maximum absolute atomic E-state index is 10.7. The zero-order valence-electron chi connectivity index (χ0n) is 7.00. The van der Waals surface area contributed by atoms with Crippen molar-refractivity contribution >= 4 is 5.97 Å². The molecule has 12 heavy (non-hydrogen) atoms.